The normalized spacial score (nSPS) is 50.6. The van der Waals surface area contributed by atoms with Crippen molar-refractivity contribution in [1.29, 1.82) is 0 Å². The first-order chi connectivity index (χ1) is 11.3. The minimum atomic E-state index is -0.349. The fourth-order valence-electron chi connectivity index (χ4n) is 7.35. The van der Waals surface area contributed by atoms with Crippen LogP contribution in [-0.4, -0.2) is 22.8 Å². The van der Waals surface area contributed by atoms with E-state index in [1.54, 1.807) is 6.92 Å². The standard InChI is InChI=1S/C21H30O3/c1-12(22)16-6-7-17-15-5-4-13-10-14(23)8-9-20(13,2)19(15)18(24)11-21(16,17)3/h10,15-19,24H,4-9,11H2,1-3H3/t15-,16+,17+,18-,19-,20-,21+/m0/s1. The maximum Gasteiger partial charge on any atom is 0.155 e. The highest BCUT2D eigenvalue weighted by molar-refractivity contribution is 5.91. The first kappa shape index (κ1) is 16.5. The zero-order valence-corrected chi connectivity index (χ0v) is 15.2. The van der Waals surface area contributed by atoms with Gasteiger partial charge in [0.15, 0.2) is 5.78 Å². The van der Waals surface area contributed by atoms with Crippen molar-refractivity contribution in [2.24, 2.45) is 34.5 Å². The molecule has 0 unspecified atom stereocenters. The van der Waals surface area contributed by atoms with E-state index in [4.69, 9.17) is 0 Å². The molecule has 3 saturated carbocycles. The van der Waals surface area contributed by atoms with Crippen LogP contribution >= 0.6 is 0 Å². The van der Waals surface area contributed by atoms with E-state index in [1.165, 1.54) is 5.57 Å². The molecule has 3 fully saturated rings. The number of ketones is 2. The van der Waals surface area contributed by atoms with E-state index < -0.39 is 0 Å². The Kier molecular flexibility index (Phi) is 3.62. The van der Waals surface area contributed by atoms with E-state index in [0.717, 1.165) is 38.5 Å². The summed E-state index contributed by atoms with van der Waals surface area (Å²) in [5, 5.41) is 11.2. The van der Waals surface area contributed by atoms with Crippen LogP contribution in [0.3, 0.4) is 0 Å². The zero-order chi connectivity index (χ0) is 17.3. The largest absolute Gasteiger partial charge is 0.393 e. The molecule has 0 aromatic heterocycles. The van der Waals surface area contributed by atoms with Gasteiger partial charge in [-0.3, -0.25) is 9.59 Å². The molecule has 0 aromatic rings. The van der Waals surface area contributed by atoms with Gasteiger partial charge in [0, 0.05) is 12.3 Å². The van der Waals surface area contributed by atoms with Gasteiger partial charge in [0.25, 0.3) is 0 Å². The summed E-state index contributed by atoms with van der Waals surface area (Å²) in [7, 11) is 0. The van der Waals surface area contributed by atoms with Crippen LogP contribution in [0.1, 0.15) is 65.7 Å². The molecule has 0 amide bonds. The molecule has 7 atom stereocenters. The number of aliphatic hydroxyl groups excluding tert-OH is 1. The summed E-state index contributed by atoms with van der Waals surface area (Å²) < 4.78 is 0. The maximum atomic E-state index is 12.2. The average Bonchev–Trinajstić information content (AvgIpc) is 2.84. The second kappa shape index (κ2) is 5.27. The predicted octanol–water partition coefficient (Wildman–Crippen LogP) is 3.69. The van der Waals surface area contributed by atoms with Gasteiger partial charge < -0.3 is 5.11 Å². The molecule has 4 rings (SSSR count). The lowest BCUT2D eigenvalue weighted by Gasteiger charge is -2.59. The molecular weight excluding hydrogens is 300 g/mol. The van der Waals surface area contributed by atoms with Gasteiger partial charge in [-0.15, -0.1) is 0 Å². The number of carbonyl (C=O) groups excluding carboxylic acids is 2. The van der Waals surface area contributed by atoms with Crippen molar-refractivity contribution in [3.05, 3.63) is 11.6 Å². The lowest BCUT2D eigenvalue weighted by Crippen LogP contribution is -2.56. The molecule has 4 aliphatic carbocycles. The molecule has 0 heterocycles. The summed E-state index contributed by atoms with van der Waals surface area (Å²) in [5.74, 6) is 1.99. The first-order valence-electron chi connectivity index (χ1n) is 9.70. The summed E-state index contributed by atoms with van der Waals surface area (Å²) in [5.41, 5.74) is 1.23. The molecular formula is C21H30O3. The van der Waals surface area contributed by atoms with Crippen molar-refractivity contribution in [2.45, 2.75) is 71.8 Å². The predicted molar refractivity (Wildman–Crippen MR) is 92.3 cm³/mol. The second-order valence-corrected chi connectivity index (χ2v) is 9.41. The minimum Gasteiger partial charge on any atom is -0.393 e. The zero-order valence-electron chi connectivity index (χ0n) is 15.2. The topological polar surface area (TPSA) is 54.4 Å². The highest BCUT2D eigenvalue weighted by Crippen LogP contribution is 2.66. The monoisotopic (exact) mass is 330 g/mol. The maximum absolute atomic E-state index is 12.2. The Morgan fingerprint density at radius 3 is 2.67 bits per heavy atom. The summed E-state index contributed by atoms with van der Waals surface area (Å²) in [4.78, 5) is 24.0. The van der Waals surface area contributed by atoms with E-state index in [0.29, 0.717) is 24.0 Å². The van der Waals surface area contributed by atoms with Gasteiger partial charge in [0.1, 0.15) is 5.78 Å². The number of carbonyl (C=O) groups is 2. The van der Waals surface area contributed by atoms with E-state index in [2.05, 4.69) is 13.8 Å². The molecule has 3 nitrogen and oxygen atoms in total. The van der Waals surface area contributed by atoms with Crippen molar-refractivity contribution >= 4 is 11.6 Å². The Hall–Kier alpha value is -0.960. The molecule has 3 heteroatoms. The third-order valence-electron chi connectivity index (χ3n) is 8.38. The number of rotatable bonds is 1. The van der Waals surface area contributed by atoms with Crippen LogP contribution in [0.2, 0.25) is 0 Å². The third-order valence-corrected chi connectivity index (χ3v) is 8.38. The fraction of sp³-hybridized carbons (Fsp3) is 0.810. The van der Waals surface area contributed by atoms with Crippen LogP contribution in [-0.2, 0) is 9.59 Å². The van der Waals surface area contributed by atoms with Crippen molar-refractivity contribution in [3.8, 4) is 0 Å². The molecule has 0 spiro atoms. The fourth-order valence-corrected chi connectivity index (χ4v) is 7.35. The Labute approximate surface area is 144 Å². The number of aliphatic hydroxyl groups is 1. The van der Waals surface area contributed by atoms with Gasteiger partial charge in [-0.2, -0.15) is 0 Å². The number of Topliss-reactive ketones (excluding diaryl/α,β-unsaturated/α-hetero) is 1. The Balaban J connectivity index is 1.72. The molecule has 0 aromatic carbocycles. The quantitative estimate of drug-likeness (QED) is 0.797. The van der Waals surface area contributed by atoms with Crippen molar-refractivity contribution in [1.82, 2.24) is 0 Å². The molecule has 1 N–H and O–H groups in total. The Morgan fingerprint density at radius 2 is 1.96 bits per heavy atom. The van der Waals surface area contributed by atoms with E-state index in [-0.39, 0.29) is 34.6 Å². The van der Waals surface area contributed by atoms with Crippen LogP contribution in [0.25, 0.3) is 0 Å². The highest BCUT2D eigenvalue weighted by atomic mass is 16.3. The molecule has 0 radical (unpaired) electrons. The summed E-state index contributed by atoms with van der Waals surface area (Å²) in [6.07, 6.45) is 7.97. The Morgan fingerprint density at radius 1 is 1.21 bits per heavy atom. The van der Waals surface area contributed by atoms with Crippen LogP contribution in [0.15, 0.2) is 11.6 Å². The van der Waals surface area contributed by atoms with Crippen molar-refractivity contribution in [2.75, 3.05) is 0 Å². The second-order valence-electron chi connectivity index (χ2n) is 9.41. The summed E-state index contributed by atoms with van der Waals surface area (Å²) in [6, 6.07) is 0. The van der Waals surface area contributed by atoms with Gasteiger partial charge in [-0.05, 0) is 80.1 Å². The lowest BCUT2D eigenvalue weighted by atomic mass is 9.46. The smallest absolute Gasteiger partial charge is 0.155 e. The van der Waals surface area contributed by atoms with Gasteiger partial charge in [-0.25, -0.2) is 0 Å². The molecule has 24 heavy (non-hydrogen) atoms. The molecule has 0 bridgehead atoms. The van der Waals surface area contributed by atoms with Crippen molar-refractivity contribution < 1.29 is 14.7 Å². The molecule has 0 aliphatic heterocycles. The third kappa shape index (κ3) is 2.06. The van der Waals surface area contributed by atoms with Crippen LogP contribution < -0.4 is 0 Å². The number of hydrogen-bond acceptors (Lipinski definition) is 3. The number of hydrogen-bond donors (Lipinski definition) is 1. The minimum absolute atomic E-state index is 0.0219. The lowest BCUT2D eigenvalue weighted by molar-refractivity contribution is -0.143. The van der Waals surface area contributed by atoms with E-state index in [1.807, 2.05) is 6.08 Å². The number of fused-ring (bicyclic) bond motifs is 5. The summed E-state index contributed by atoms with van der Waals surface area (Å²) in [6.45, 7) is 6.27. The van der Waals surface area contributed by atoms with E-state index in [9.17, 15) is 14.7 Å². The van der Waals surface area contributed by atoms with Gasteiger partial charge in [0.05, 0.1) is 6.10 Å². The Bertz CT molecular complexity index is 621. The molecule has 4 aliphatic rings. The highest BCUT2D eigenvalue weighted by Gasteiger charge is 2.62. The van der Waals surface area contributed by atoms with Crippen molar-refractivity contribution in [3.63, 3.8) is 0 Å². The molecule has 0 saturated heterocycles. The molecule has 132 valence electrons. The van der Waals surface area contributed by atoms with E-state index >= 15 is 0 Å². The van der Waals surface area contributed by atoms with Crippen LogP contribution in [0.5, 0.6) is 0 Å². The SMILES string of the molecule is CC(=O)[C@H]1CC[C@@H]2[C@@H]3CCC4=CC(=O)CC[C@]4(C)[C@@H]3[C@@H](O)C[C@]12C. The van der Waals surface area contributed by atoms with Crippen LogP contribution in [0, 0.1) is 34.5 Å². The van der Waals surface area contributed by atoms with Gasteiger partial charge >= 0.3 is 0 Å². The summed E-state index contributed by atoms with van der Waals surface area (Å²) >= 11 is 0. The average molecular weight is 330 g/mol. The first-order valence-corrected chi connectivity index (χ1v) is 9.70. The van der Waals surface area contributed by atoms with Gasteiger partial charge in [-0.1, -0.05) is 19.4 Å². The van der Waals surface area contributed by atoms with Gasteiger partial charge in [0.2, 0.25) is 0 Å². The van der Waals surface area contributed by atoms with Crippen LogP contribution in [0.4, 0.5) is 0 Å². The number of allylic oxidation sites excluding steroid dienone is 1.